The molecule has 0 fully saturated rings. The molecule has 0 aliphatic heterocycles. The van der Waals surface area contributed by atoms with Crippen LogP contribution < -0.4 is 5.32 Å². The van der Waals surface area contributed by atoms with Crippen molar-refractivity contribution in [2.75, 3.05) is 6.54 Å². The molecule has 78 valence electrons. The molecule has 3 nitrogen and oxygen atoms in total. The molecule has 0 spiro atoms. The summed E-state index contributed by atoms with van der Waals surface area (Å²) in [5.74, 6) is -0.0525. The third kappa shape index (κ3) is 4.61. The van der Waals surface area contributed by atoms with Crippen molar-refractivity contribution in [1.82, 2.24) is 5.32 Å². The summed E-state index contributed by atoms with van der Waals surface area (Å²) >= 11 is 3.34. The van der Waals surface area contributed by atoms with Crippen molar-refractivity contribution >= 4 is 21.8 Å². The van der Waals surface area contributed by atoms with E-state index in [1.54, 1.807) is 0 Å². The lowest BCUT2D eigenvalue weighted by Gasteiger charge is -2.03. The Balaban J connectivity index is 2.42. The third-order valence-electron chi connectivity index (χ3n) is 1.81. The van der Waals surface area contributed by atoms with E-state index in [-0.39, 0.29) is 5.91 Å². The third-order valence-corrected chi connectivity index (χ3v) is 2.31. The van der Waals surface area contributed by atoms with Crippen LogP contribution in [0.5, 0.6) is 0 Å². The highest BCUT2D eigenvalue weighted by atomic mass is 79.9. The first-order valence-electron chi connectivity index (χ1n) is 4.60. The Hall–Kier alpha value is -1.34. The second-order valence-corrected chi connectivity index (χ2v) is 3.98. The maximum atomic E-state index is 11.4. The first-order chi connectivity index (χ1) is 7.22. The highest BCUT2D eigenvalue weighted by Crippen LogP contribution is 2.11. The molecule has 0 aliphatic carbocycles. The van der Waals surface area contributed by atoms with Crippen molar-refractivity contribution in [2.45, 2.75) is 12.8 Å². The number of nitriles is 1. The summed E-state index contributed by atoms with van der Waals surface area (Å²) in [6.45, 7) is 0.420. The standard InChI is InChI=1S/C11H11BrN2O/c12-10-4-1-3-9(7-10)8-11(15)14-6-2-5-13/h1,3-4,7H,2,6,8H2,(H,14,15). The number of hydrogen-bond acceptors (Lipinski definition) is 2. The number of benzene rings is 1. The van der Waals surface area contributed by atoms with E-state index < -0.39 is 0 Å². The van der Waals surface area contributed by atoms with Crippen LogP contribution in [0, 0.1) is 11.3 Å². The number of rotatable bonds is 4. The van der Waals surface area contributed by atoms with E-state index in [0.717, 1.165) is 10.0 Å². The number of carbonyl (C=O) groups excluding carboxylic acids is 1. The highest BCUT2D eigenvalue weighted by Gasteiger charge is 2.02. The first-order valence-corrected chi connectivity index (χ1v) is 5.40. The van der Waals surface area contributed by atoms with E-state index in [4.69, 9.17) is 5.26 Å². The van der Waals surface area contributed by atoms with Crippen molar-refractivity contribution in [3.8, 4) is 6.07 Å². The van der Waals surface area contributed by atoms with E-state index in [9.17, 15) is 4.79 Å². The predicted molar refractivity (Wildman–Crippen MR) is 61.1 cm³/mol. The quantitative estimate of drug-likeness (QED) is 0.848. The van der Waals surface area contributed by atoms with E-state index in [1.165, 1.54) is 0 Å². The number of carbonyl (C=O) groups is 1. The number of hydrogen-bond donors (Lipinski definition) is 1. The van der Waals surface area contributed by atoms with Crippen LogP contribution in [0.1, 0.15) is 12.0 Å². The second-order valence-electron chi connectivity index (χ2n) is 3.06. The Kier molecular flexibility index (Phi) is 4.85. The Morgan fingerprint density at radius 2 is 2.33 bits per heavy atom. The summed E-state index contributed by atoms with van der Waals surface area (Å²) < 4.78 is 0.963. The van der Waals surface area contributed by atoms with Crippen LogP contribution in [0.2, 0.25) is 0 Å². The number of amides is 1. The van der Waals surface area contributed by atoms with Gasteiger partial charge in [0.05, 0.1) is 18.9 Å². The molecule has 0 aliphatic rings. The van der Waals surface area contributed by atoms with Crippen molar-refractivity contribution in [3.63, 3.8) is 0 Å². The number of halogens is 1. The van der Waals surface area contributed by atoms with Gasteiger partial charge in [0, 0.05) is 11.0 Å². The van der Waals surface area contributed by atoms with Gasteiger partial charge in [0.25, 0.3) is 0 Å². The first kappa shape index (κ1) is 11.7. The molecular weight excluding hydrogens is 256 g/mol. The average molecular weight is 267 g/mol. The van der Waals surface area contributed by atoms with Crippen LogP contribution >= 0.6 is 15.9 Å². The summed E-state index contributed by atoms with van der Waals surface area (Å²) in [7, 11) is 0. The van der Waals surface area contributed by atoms with Crippen LogP contribution in [0.4, 0.5) is 0 Å². The molecule has 0 radical (unpaired) electrons. The van der Waals surface area contributed by atoms with Crippen molar-refractivity contribution in [1.29, 1.82) is 5.26 Å². The molecule has 0 unspecified atom stereocenters. The largest absolute Gasteiger partial charge is 0.355 e. The van der Waals surface area contributed by atoms with Gasteiger partial charge in [0.15, 0.2) is 0 Å². The van der Waals surface area contributed by atoms with Gasteiger partial charge in [0.1, 0.15) is 0 Å². The zero-order valence-corrected chi connectivity index (χ0v) is 9.75. The van der Waals surface area contributed by atoms with Gasteiger partial charge in [-0.1, -0.05) is 28.1 Å². The van der Waals surface area contributed by atoms with Gasteiger partial charge in [-0.05, 0) is 17.7 Å². The monoisotopic (exact) mass is 266 g/mol. The fourth-order valence-corrected chi connectivity index (χ4v) is 1.60. The summed E-state index contributed by atoms with van der Waals surface area (Å²) in [6, 6.07) is 9.58. The molecular formula is C11H11BrN2O. The molecule has 0 aromatic heterocycles. The molecule has 1 aromatic carbocycles. The number of nitrogens with zero attached hydrogens (tertiary/aromatic N) is 1. The Bertz CT molecular complexity index is 384. The SMILES string of the molecule is N#CCCNC(=O)Cc1cccc(Br)c1. The molecule has 0 saturated carbocycles. The summed E-state index contributed by atoms with van der Waals surface area (Å²) in [4.78, 5) is 11.4. The van der Waals surface area contributed by atoms with Crippen LogP contribution in [-0.4, -0.2) is 12.5 Å². The molecule has 0 atom stereocenters. The van der Waals surface area contributed by atoms with Gasteiger partial charge >= 0.3 is 0 Å². The van der Waals surface area contributed by atoms with E-state index in [1.807, 2.05) is 30.3 Å². The maximum Gasteiger partial charge on any atom is 0.224 e. The lowest BCUT2D eigenvalue weighted by atomic mass is 10.1. The van der Waals surface area contributed by atoms with Crippen LogP contribution in [0.25, 0.3) is 0 Å². The molecule has 4 heteroatoms. The Labute approximate surface area is 97.2 Å². The van der Waals surface area contributed by atoms with Crippen LogP contribution in [0.3, 0.4) is 0 Å². The highest BCUT2D eigenvalue weighted by molar-refractivity contribution is 9.10. The normalized spacial score (nSPS) is 9.33. The smallest absolute Gasteiger partial charge is 0.224 e. The van der Waals surface area contributed by atoms with Gasteiger partial charge in [-0.2, -0.15) is 5.26 Å². The van der Waals surface area contributed by atoms with Crippen molar-refractivity contribution < 1.29 is 4.79 Å². The zero-order chi connectivity index (χ0) is 11.1. The van der Waals surface area contributed by atoms with Gasteiger partial charge < -0.3 is 5.32 Å². The second kappa shape index (κ2) is 6.20. The zero-order valence-electron chi connectivity index (χ0n) is 8.16. The summed E-state index contributed by atoms with van der Waals surface area (Å²) in [5.41, 5.74) is 0.957. The fourth-order valence-electron chi connectivity index (χ4n) is 1.15. The summed E-state index contributed by atoms with van der Waals surface area (Å²) in [5, 5.41) is 11.0. The molecule has 15 heavy (non-hydrogen) atoms. The topological polar surface area (TPSA) is 52.9 Å². The predicted octanol–water partition coefficient (Wildman–Crippen LogP) is 2.02. The van der Waals surface area contributed by atoms with E-state index in [2.05, 4.69) is 21.2 Å². The maximum absolute atomic E-state index is 11.4. The van der Waals surface area contributed by atoms with Gasteiger partial charge in [-0.25, -0.2) is 0 Å². The van der Waals surface area contributed by atoms with Crippen LogP contribution in [-0.2, 0) is 11.2 Å². The molecule has 0 bridgehead atoms. The number of nitrogens with one attached hydrogen (secondary N) is 1. The van der Waals surface area contributed by atoms with Crippen LogP contribution in [0.15, 0.2) is 28.7 Å². The molecule has 0 saturated heterocycles. The lowest BCUT2D eigenvalue weighted by Crippen LogP contribution is -2.25. The van der Waals surface area contributed by atoms with Gasteiger partial charge in [0.2, 0.25) is 5.91 Å². The Morgan fingerprint density at radius 3 is 3.00 bits per heavy atom. The average Bonchev–Trinajstić information content (AvgIpc) is 2.18. The molecule has 1 N–H and O–H groups in total. The minimum Gasteiger partial charge on any atom is -0.355 e. The molecule has 1 rings (SSSR count). The molecule has 1 aromatic rings. The Morgan fingerprint density at radius 1 is 1.53 bits per heavy atom. The minimum absolute atomic E-state index is 0.0525. The van der Waals surface area contributed by atoms with Crippen molar-refractivity contribution in [3.05, 3.63) is 34.3 Å². The molecule has 1 amide bonds. The summed E-state index contributed by atoms with van der Waals surface area (Å²) in [6.07, 6.45) is 0.703. The fraction of sp³-hybridized carbons (Fsp3) is 0.273. The van der Waals surface area contributed by atoms with Gasteiger partial charge in [-0.3, -0.25) is 4.79 Å². The minimum atomic E-state index is -0.0525. The van der Waals surface area contributed by atoms with E-state index in [0.29, 0.717) is 19.4 Å². The van der Waals surface area contributed by atoms with Gasteiger partial charge in [-0.15, -0.1) is 0 Å². The molecule has 0 heterocycles. The van der Waals surface area contributed by atoms with E-state index >= 15 is 0 Å². The van der Waals surface area contributed by atoms with Crippen molar-refractivity contribution in [2.24, 2.45) is 0 Å². The lowest BCUT2D eigenvalue weighted by molar-refractivity contribution is -0.120.